The lowest BCUT2D eigenvalue weighted by Crippen LogP contribution is -2.54. The Morgan fingerprint density at radius 2 is 1.35 bits per heavy atom. The number of thiophene rings is 1. The second-order valence-electron chi connectivity index (χ2n) is 15.7. The number of methoxy groups -OCH3 is 2. The molecule has 2 fully saturated rings. The predicted molar refractivity (Wildman–Crippen MR) is 230 cm³/mol. The number of hydrogen-bond acceptors (Lipinski definition) is 10. The van der Waals surface area contributed by atoms with Crippen molar-refractivity contribution in [3.63, 3.8) is 0 Å². The van der Waals surface area contributed by atoms with Crippen LogP contribution >= 0.6 is 11.3 Å². The molecule has 14 nitrogen and oxygen atoms in total. The van der Waals surface area contributed by atoms with Crippen LogP contribution in [0.3, 0.4) is 0 Å². The number of nitrogens with one attached hydrogen (secondary N) is 4. The third-order valence-corrected chi connectivity index (χ3v) is 12.6. The van der Waals surface area contributed by atoms with Crippen LogP contribution in [0.1, 0.15) is 74.2 Å². The van der Waals surface area contributed by atoms with Crippen molar-refractivity contribution in [2.75, 3.05) is 27.3 Å². The number of ether oxygens (including phenoxy) is 2. The van der Waals surface area contributed by atoms with Crippen LogP contribution in [0.2, 0.25) is 0 Å². The van der Waals surface area contributed by atoms with E-state index < -0.39 is 30.5 Å². The number of fused-ring (bicyclic) bond motifs is 1. The molecular weight excluding hydrogens is 781 g/mol. The smallest absolute Gasteiger partial charge is 0.407 e. The summed E-state index contributed by atoms with van der Waals surface area (Å²) < 4.78 is 9.63. The van der Waals surface area contributed by atoms with Gasteiger partial charge in [0.1, 0.15) is 23.9 Å². The van der Waals surface area contributed by atoms with Crippen molar-refractivity contribution in [1.29, 1.82) is 0 Å². The van der Waals surface area contributed by atoms with Crippen molar-refractivity contribution in [3.8, 4) is 33.6 Å². The fourth-order valence-electron chi connectivity index (χ4n) is 8.49. The summed E-state index contributed by atoms with van der Waals surface area (Å²) in [5, 5.41) is 21.0. The van der Waals surface area contributed by atoms with E-state index in [2.05, 4.69) is 81.3 Å². The van der Waals surface area contributed by atoms with E-state index in [4.69, 9.17) is 19.4 Å². The number of aliphatic hydroxyl groups is 1. The molecule has 3 aromatic heterocycles. The number of benzene rings is 3. The van der Waals surface area contributed by atoms with Crippen molar-refractivity contribution in [2.45, 2.75) is 69.9 Å². The van der Waals surface area contributed by atoms with Gasteiger partial charge in [-0.2, -0.15) is 0 Å². The van der Waals surface area contributed by atoms with Gasteiger partial charge in [0.15, 0.2) is 0 Å². The Kier molecular flexibility index (Phi) is 12.0. The minimum absolute atomic E-state index is 0.00746. The SMILES string of the molecule is COC(=O)NC(C(=O)N1CCCC1c1ncc(-c2ccc(-c3ccc4cc(-c5cnc(C6CCCN6C(O)C(NC(=O)OC)C(C)C)[nH]5)ccc4c3)cc2)[nH]1)c1cccs1. The molecule has 6 aromatic rings. The molecule has 2 aliphatic rings. The molecule has 5 heterocycles. The van der Waals surface area contributed by atoms with E-state index in [1.54, 1.807) is 4.90 Å². The van der Waals surface area contributed by atoms with Crippen molar-refractivity contribution < 1.29 is 29.0 Å². The van der Waals surface area contributed by atoms with Gasteiger partial charge in [-0.05, 0) is 82.6 Å². The number of aromatic nitrogens is 4. The van der Waals surface area contributed by atoms with E-state index in [1.807, 2.05) is 48.7 Å². The van der Waals surface area contributed by atoms with Crippen molar-refractivity contribution in [1.82, 2.24) is 40.4 Å². The molecular formula is C45H50N8O6S. The summed E-state index contributed by atoms with van der Waals surface area (Å²) in [7, 11) is 2.61. The van der Waals surface area contributed by atoms with E-state index in [-0.39, 0.29) is 23.9 Å². The van der Waals surface area contributed by atoms with Gasteiger partial charge in [-0.1, -0.05) is 68.4 Å². The summed E-state index contributed by atoms with van der Waals surface area (Å²) >= 11 is 1.41. The maximum Gasteiger partial charge on any atom is 0.407 e. The maximum absolute atomic E-state index is 13.8. The molecule has 3 aromatic carbocycles. The Morgan fingerprint density at radius 3 is 2.02 bits per heavy atom. The maximum atomic E-state index is 13.8. The number of aliphatic hydroxyl groups excluding tert-OH is 1. The van der Waals surface area contributed by atoms with E-state index >= 15 is 0 Å². The van der Waals surface area contributed by atoms with Gasteiger partial charge in [0.2, 0.25) is 0 Å². The van der Waals surface area contributed by atoms with Gasteiger partial charge in [-0.3, -0.25) is 9.69 Å². The van der Waals surface area contributed by atoms with E-state index in [9.17, 15) is 19.5 Å². The van der Waals surface area contributed by atoms with Gasteiger partial charge in [-0.15, -0.1) is 11.3 Å². The number of imidazole rings is 2. The molecule has 2 saturated heterocycles. The first-order valence-electron chi connectivity index (χ1n) is 20.3. The van der Waals surface area contributed by atoms with Gasteiger partial charge in [0.05, 0.1) is 56.1 Å². The average Bonchev–Trinajstić information content (AvgIpc) is 4.13. The van der Waals surface area contributed by atoms with Gasteiger partial charge in [0, 0.05) is 23.5 Å². The molecule has 5 atom stereocenters. The first-order valence-corrected chi connectivity index (χ1v) is 21.2. The molecule has 8 rings (SSSR count). The lowest BCUT2D eigenvalue weighted by molar-refractivity contribution is -0.134. The standard InChI is InChI=1S/C45H50N8O6S/c1-26(2)38(50-44(56)58-3)42(54)52-19-5-8-35(52)41-47-25-34(49-41)32-18-17-30-22-29(15-16-31(30)23-32)27-11-13-28(14-12-27)33-24-46-40(48-33)36-9-6-20-53(36)43(55)39(51-45(57)59-4)37-10-7-21-60-37/h7,10-18,21-26,35-36,38-39,42,54H,5-6,8-9,19-20H2,1-4H3,(H,46,48)(H,47,49)(H,50,56)(H,51,57). The van der Waals surface area contributed by atoms with Crippen LogP contribution in [0, 0.1) is 5.92 Å². The first-order chi connectivity index (χ1) is 29.1. The Morgan fingerprint density at radius 1 is 0.767 bits per heavy atom. The highest BCUT2D eigenvalue weighted by Gasteiger charge is 2.39. The number of carbonyl (C=O) groups excluding carboxylic acids is 3. The topological polar surface area (TPSA) is 178 Å². The Bertz CT molecular complexity index is 2450. The third kappa shape index (κ3) is 8.37. The summed E-state index contributed by atoms with van der Waals surface area (Å²) in [4.78, 5) is 59.0. The highest BCUT2D eigenvalue weighted by molar-refractivity contribution is 7.10. The zero-order chi connectivity index (χ0) is 41.9. The van der Waals surface area contributed by atoms with Crippen molar-refractivity contribution in [3.05, 3.63) is 107 Å². The van der Waals surface area contributed by atoms with Crippen molar-refractivity contribution >= 4 is 40.2 Å². The van der Waals surface area contributed by atoms with Crippen LogP contribution in [-0.4, -0.2) is 92.5 Å². The fourth-order valence-corrected chi connectivity index (χ4v) is 9.26. The molecule has 15 heteroatoms. The average molecular weight is 831 g/mol. The molecule has 0 bridgehead atoms. The molecule has 0 spiro atoms. The molecule has 60 heavy (non-hydrogen) atoms. The lowest BCUT2D eigenvalue weighted by atomic mass is 9.98. The highest BCUT2D eigenvalue weighted by Crippen LogP contribution is 2.37. The number of aromatic amines is 2. The Labute approximate surface area is 352 Å². The fraction of sp³-hybridized carbons (Fsp3) is 0.356. The second-order valence-corrected chi connectivity index (χ2v) is 16.7. The molecule has 3 amide bonds. The van der Waals surface area contributed by atoms with Gasteiger partial charge in [-0.25, -0.2) is 19.6 Å². The zero-order valence-corrected chi connectivity index (χ0v) is 34.9. The van der Waals surface area contributed by atoms with Gasteiger partial charge in [0.25, 0.3) is 5.91 Å². The van der Waals surface area contributed by atoms with Crippen LogP contribution in [0.4, 0.5) is 9.59 Å². The number of rotatable bonds is 12. The Hall–Kier alpha value is -6.03. The van der Waals surface area contributed by atoms with Crippen LogP contribution in [0.5, 0.6) is 0 Å². The number of alkyl carbamates (subject to hydrolysis) is 2. The second kappa shape index (κ2) is 17.7. The third-order valence-electron chi connectivity index (χ3n) is 11.7. The molecule has 0 radical (unpaired) electrons. The molecule has 312 valence electrons. The Balaban J connectivity index is 0.940. The van der Waals surface area contributed by atoms with Gasteiger partial charge < -0.3 is 40.1 Å². The van der Waals surface area contributed by atoms with E-state index in [1.165, 1.54) is 25.6 Å². The summed E-state index contributed by atoms with van der Waals surface area (Å²) in [5.41, 5.74) is 5.93. The number of amides is 3. The minimum atomic E-state index is -0.892. The highest BCUT2D eigenvalue weighted by atomic mass is 32.1. The van der Waals surface area contributed by atoms with Crippen molar-refractivity contribution in [2.24, 2.45) is 5.92 Å². The van der Waals surface area contributed by atoms with Crippen LogP contribution < -0.4 is 10.6 Å². The molecule has 0 saturated carbocycles. The minimum Gasteiger partial charge on any atom is -0.453 e. The lowest BCUT2D eigenvalue weighted by Gasteiger charge is -2.35. The number of nitrogens with zero attached hydrogens (tertiary/aromatic N) is 4. The molecule has 2 aliphatic heterocycles. The molecule has 5 unspecified atom stereocenters. The van der Waals surface area contributed by atoms with E-state index in [0.29, 0.717) is 18.9 Å². The monoisotopic (exact) mass is 830 g/mol. The first kappa shape index (κ1) is 40.7. The van der Waals surface area contributed by atoms with Gasteiger partial charge >= 0.3 is 12.2 Å². The molecule has 5 N–H and O–H groups in total. The van der Waals surface area contributed by atoms with Crippen LogP contribution in [0.25, 0.3) is 44.4 Å². The number of likely N-dealkylation sites (tertiary alicyclic amines) is 2. The zero-order valence-electron chi connectivity index (χ0n) is 34.1. The summed E-state index contributed by atoms with van der Waals surface area (Å²) in [6, 6.07) is 23.2. The largest absolute Gasteiger partial charge is 0.453 e. The predicted octanol–water partition coefficient (Wildman–Crippen LogP) is 7.95. The quantitative estimate of drug-likeness (QED) is 0.0819. The normalized spacial score (nSPS) is 18.4. The van der Waals surface area contributed by atoms with E-state index in [0.717, 1.165) is 80.8 Å². The van der Waals surface area contributed by atoms with Crippen LogP contribution in [-0.2, 0) is 14.3 Å². The number of H-pyrrole nitrogens is 2. The molecule has 0 aliphatic carbocycles. The summed E-state index contributed by atoms with van der Waals surface area (Å²) in [6.45, 7) is 5.19. The number of hydrogen-bond donors (Lipinski definition) is 5. The van der Waals surface area contributed by atoms with Crippen LogP contribution in [0.15, 0.2) is 90.6 Å². The summed E-state index contributed by atoms with van der Waals surface area (Å²) in [6.07, 6.45) is 4.90. The number of carbonyl (C=O) groups is 3. The summed E-state index contributed by atoms with van der Waals surface area (Å²) in [5.74, 6) is 1.31.